The molecule has 1 heterocycles. The third kappa shape index (κ3) is 5.03. The van der Waals surface area contributed by atoms with Gasteiger partial charge in [-0.05, 0) is 29.8 Å². The third-order valence-corrected chi connectivity index (χ3v) is 3.69. The molecule has 2 aromatic rings. The second kappa shape index (κ2) is 7.58. The summed E-state index contributed by atoms with van der Waals surface area (Å²) in [6.07, 6.45) is 0.225. The maximum Gasteiger partial charge on any atom is 0.224 e. The first-order valence-corrected chi connectivity index (χ1v) is 7.18. The first-order valence-electron chi connectivity index (χ1n) is 6.37. The fourth-order valence-electron chi connectivity index (χ4n) is 1.70. The van der Waals surface area contributed by atoms with Crippen LogP contribution in [0, 0.1) is 17.7 Å². The molecule has 0 unspecified atom stereocenters. The fraction of sp³-hybridized carbons (Fsp3) is 0.188. The Labute approximate surface area is 126 Å². The van der Waals surface area contributed by atoms with Crippen LogP contribution in [0.15, 0.2) is 36.4 Å². The second-order valence-corrected chi connectivity index (χ2v) is 5.47. The SMILES string of the molecule is O=C(Cc1ccc(F)cc1)NCc1ccc(C#CCO)s1. The zero-order chi connectivity index (χ0) is 15.1. The molecule has 0 aliphatic rings. The summed E-state index contributed by atoms with van der Waals surface area (Å²) in [6.45, 7) is 0.271. The van der Waals surface area contributed by atoms with Gasteiger partial charge in [0.1, 0.15) is 12.4 Å². The van der Waals surface area contributed by atoms with Gasteiger partial charge in [-0.2, -0.15) is 0 Å². The summed E-state index contributed by atoms with van der Waals surface area (Å²) in [5, 5.41) is 11.4. The Morgan fingerprint density at radius 2 is 2.00 bits per heavy atom. The summed E-state index contributed by atoms with van der Waals surface area (Å²) in [6, 6.07) is 9.63. The lowest BCUT2D eigenvalue weighted by Gasteiger charge is -2.03. The van der Waals surface area contributed by atoms with Gasteiger partial charge in [-0.15, -0.1) is 11.3 Å². The molecular weight excluding hydrogens is 289 g/mol. The highest BCUT2D eigenvalue weighted by atomic mass is 32.1. The zero-order valence-electron chi connectivity index (χ0n) is 11.2. The summed E-state index contributed by atoms with van der Waals surface area (Å²) in [5.41, 5.74) is 0.773. The molecule has 0 spiro atoms. The number of rotatable bonds is 4. The van der Waals surface area contributed by atoms with E-state index in [1.54, 1.807) is 12.1 Å². The Bertz CT molecular complexity index is 668. The summed E-state index contributed by atoms with van der Waals surface area (Å²) in [5.74, 6) is 4.97. The Morgan fingerprint density at radius 3 is 2.71 bits per heavy atom. The molecule has 3 nitrogen and oxygen atoms in total. The van der Waals surface area contributed by atoms with Crippen molar-refractivity contribution in [1.82, 2.24) is 5.32 Å². The molecule has 1 aromatic carbocycles. The smallest absolute Gasteiger partial charge is 0.224 e. The molecule has 0 saturated carbocycles. The second-order valence-electron chi connectivity index (χ2n) is 4.31. The number of aliphatic hydroxyl groups is 1. The molecule has 1 amide bonds. The van der Waals surface area contributed by atoms with Crippen molar-refractivity contribution in [2.24, 2.45) is 0 Å². The van der Waals surface area contributed by atoms with E-state index in [1.165, 1.54) is 23.5 Å². The first kappa shape index (κ1) is 15.2. The van der Waals surface area contributed by atoms with Crippen LogP contribution in [0.1, 0.15) is 15.3 Å². The molecule has 108 valence electrons. The molecule has 1 aromatic heterocycles. The predicted octanol–water partition coefficient (Wildman–Crippen LogP) is 2.09. The van der Waals surface area contributed by atoms with E-state index >= 15 is 0 Å². The highest BCUT2D eigenvalue weighted by Crippen LogP contribution is 2.15. The molecule has 0 atom stereocenters. The topological polar surface area (TPSA) is 49.3 Å². The molecule has 5 heteroatoms. The number of carbonyl (C=O) groups is 1. The van der Waals surface area contributed by atoms with Crippen LogP contribution >= 0.6 is 11.3 Å². The number of halogens is 1. The van der Waals surface area contributed by atoms with Gasteiger partial charge >= 0.3 is 0 Å². The molecule has 2 N–H and O–H groups in total. The standard InChI is InChI=1S/C16H14FNO2S/c17-13-5-3-12(4-6-13)10-16(20)18-11-15-8-7-14(21-15)2-1-9-19/h3-8,19H,9-11H2,(H,18,20). The van der Waals surface area contributed by atoms with E-state index in [2.05, 4.69) is 17.2 Å². The van der Waals surface area contributed by atoms with Crippen LogP contribution < -0.4 is 5.32 Å². The molecule has 0 fully saturated rings. The summed E-state index contributed by atoms with van der Waals surface area (Å²) >= 11 is 1.47. The fourth-order valence-corrected chi connectivity index (χ4v) is 2.52. The average Bonchev–Trinajstić information content (AvgIpc) is 2.93. The molecule has 0 saturated heterocycles. The van der Waals surface area contributed by atoms with Crippen LogP contribution in [0.4, 0.5) is 4.39 Å². The van der Waals surface area contributed by atoms with E-state index in [9.17, 15) is 9.18 Å². The number of benzene rings is 1. The van der Waals surface area contributed by atoms with E-state index in [0.29, 0.717) is 6.54 Å². The van der Waals surface area contributed by atoms with Gasteiger partial charge in [0, 0.05) is 4.88 Å². The van der Waals surface area contributed by atoms with E-state index in [0.717, 1.165) is 15.3 Å². The highest BCUT2D eigenvalue weighted by molar-refractivity contribution is 7.12. The third-order valence-electron chi connectivity index (χ3n) is 2.69. The lowest BCUT2D eigenvalue weighted by Crippen LogP contribution is -2.24. The quantitative estimate of drug-likeness (QED) is 0.850. The molecule has 0 aliphatic carbocycles. The number of nitrogens with one attached hydrogen (secondary N) is 1. The van der Waals surface area contributed by atoms with Gasteiger partial charge in [-0.1, -0.05) is 24.0 Å². The number of carbonyl (C=O) groups excluding carboxylic acids is 1. The van der Waals surface area contributed by atoms with Crippen LogP contribution in [-0.2, 0) is 17.8 Å². The van der Waals surface area contributed by atoms with Crippen LogP contribution in [0.3, 0.4) is 0 Å². The lowest BCUT2D eigenvalue weighted by molar-refractivity contribution is -0.120. The average molecular weight is 303 g/mol. The van der Waals surface area contributed by atoms with Gasteiger partial charge in [-0.3, -0.25) is 4.79 Å². The Morgan fingerprint density at radius 1 is 1.24 bits per heavy atom. The molecule has 0 aliphatic heterocycles. The van der Waals surface area contributed by atoms with Crippen molar-refractivity contribution in [2.75, 3.05) is 6.61 Å². The summed E-state index contributed by atoms with van der Waals surface area (Å²) in [7, 11) is 0. The number of hydrogen-bond acceptors (Lipinski definition) is 3. The van der Waals surface area contributed by atoms with Crippen LogP contribution in [0.2, 0.25) is 0 Å². The van der Waals surface area contributed by atoms with Gasteiger partial charge in [0.25, 0.3) is 0 Å². The molecule has 0 radical (unpaired) electrons. The van der Waals surface area contributed by atoms with Crippen LogP contribution in [0.5, 0.6) is 0 Å². The van der Waals surface area contributed by atoms with Crippen molar-refractivity contribution in [3.63, 3.8) is 0 Å². The predicted molar refractivity (Wildman–Crippen MR) is 80.2 cm³/mol. The molecular formula is C16H14FNO2S. The minimum absolute atomic E-state index is 0.113. The van der Waals surface area contributed by atoms with Crippen molar-refractivity contribution in [3.8, 4) is 11.8 Å². The van der Waals surface area contributed by atoms with E-state index in [4.69, 9.17) is 5.11 Å². The van der Waals surface area contributed by atoms with Crippen LogP contribution in [-0.4, -0.2) is 17.6 Å². The normalized spacial score (nSPS) is 9.81. The molecule has 2 rings (SSSR count). The first-order chi connectivity index (χ1) is 10.2. The van der Waals surface area contributed by atoms with Gasteiger partial charge in [-0.25, -0.2) is 4.39 Å². The number of amides is 1. The number of aliphatic hydroxyl groups excluding tert-OH is 1. The van der Waals surface area contributed by atoms with E-state index in [-0.39, 0.29) is 24.8 Å². The monoisotopic (exact) mass is 303 g/mol. The Balaban J connectivity index is 1.83. The number of hydrogen-bond donors (Lipinski definition) is 2. The maximum atomic E-state index is 12.8. The van der Waals surface area contributed by atoms with Crippen molar-refractivity contribution >= 4 is 17.2 Å². The van der Waals surface area contributed by atoms with Gasteiger partial charge in [0.15, 0.2) is 0 Å². The van der Waals surface area contributed by atoms with Crippen LogP contribution in [0.25, 0.3) is 0 Å². The van der Waals surface area contributed by atoms with Crippen molar-refractivity contribution < 1.29 is 14.3 Å². The zero-order valence-corrected chi connectivity index (χ0v) is 12.0. The Hall–Kier alpha value is -2.16. The van der Waals surface area contributed by atoms with Crippen molar-refractivity contribution in [3.05, 3.63) is 57.5 Å². The summed E-state index contributed by atoms with van der Waals surface area (Å²) in [4.78, 5) is 13.6. The lowest BCUT2D eigenvalue weighted by atomic mass is 10.1. The summed E-state index contributed by atoms with van der Waals surface area (Å²) < 4.78 is 12.8. The number of thiophene rings is 1. The van der Waals surface area contributed by atoms with Gasteiger partial charge in [0.2, 0.25) is 5.91 Å². The Kier molecular flexibility index (Phi) is 5.50. The minimum atomic E-state index is -0.311. The highest BCUT2D eigenvalue weighted by Gasteiger charge is 2.05. The van der Waals surface area contributed by atoms with Crippen molar-refractivity contribution in [1.29, 1.82) is 0 Å². The largest absolute Gasteiger partial charge is 0.384 e. The maximum absolute atomic E-state index is 12.8. The van der Waals surface area contributed by atoms with E-state index in [1.807, 2.05) is 12.1 Å². The van der Waals surface area contributed by atoms with Gasteiger partial charge < -0.3 is 10.4 Å². The minimum Gasteiger partial charge on any atom is -0.384 e. The molecule has 21 heavy (non-hydrogen) atoms. The van der Waals surface area contributed by atoms with E-state index < -0.39 is 0 Å². The van der Waals surface area contributed by atoms with Gasteiger partial charge in [0.05, 0.1) is 17.8 Å². The van der Waals surface area contributed by atoms with Crippen molar-refractivity contribution in [2.45, 2.75) is 13.0 Å². The molecule has 0 bridgehead atoms.